The Morgan fingerprint density at radius 2 is 1.60 bits per heavy atom. The number of hydrogen-bond donors (Lipinski definition) is 1. The molecule has 1 aliphatic carbocycles. The molecule has 25 heavy (non-hydrogen) atoms. The molecule has 5 nitrogen and oxygen atoms in total. The molecular formula is C20H28N2O3. The van der Waals surface area contributed by atoms with Gasteiger partial charge in [-0.2, -0.15) is 0 Å². The summed E-state index contributed by atoms with van der Waals surface area (Å²) in [5.41, 5.74) is 1.32. The predicted molar refractivity (Wildman–Crippen MR) is 98.7 cm³/mol. The van der Waals surface area contributed by atoms with Crippen LogP contribution in [0.4, 0.5) is 5.69 Å². The zero-order valence-electron chi connectivity index (χ0n) is 15.2. The van der Waals surface area contributed by atoms with Crippen molar-refractivity contribution >= 4 is 23.3 Å². The van der Waals surface area contributed by atoms with Crippen LogP contribution in [-0.2, 0) is 9.59 Å². The zero-order chi connectivity index (χ0) is 18.2. The quantitative estimate of drug-likeness (QED) is 0.635. The Labute approximate surface area is 149 Å². The number of hydrogen-bond acceptors (Lipinski definition) is 3. The van der Waals surface area contributed by atoms with Crippen molar-refractivity contribution in [2.24, 2.45) is 0 Å². The molecule has 0 aliphatic heterocycles. The first-order valence-corrected chi connectivity index (χ1v) is 9.16. The Balaban J connectivity index is 1.91. The Morgan fingerprint density at radius 3 is 2.12 bits per heavy atom. The second-order valence-electron chi connectivity index (χ2n) is 6.78. The number of rotatable bonds is 6. The fourth-order valence-corrected chi connectivity index (χ4v) is 3.28. The van der Waals surface area contributed by atoms with Gasteiger partial charge in [-0.25, -0.2) is 0 Å². The molecule has 0 atom stereocenters. The van der Waals surface area contributed by atoms with Gasteiger partial charge in [-0.15, -0.1) is 0 Å². The van der Waals surface area contributed by atoms with Gasteiger partial charge in [0.05, 0.1) is 0 Å². The SMILES string of the molecule is CC(=O)c1ccc(N(CCC(=O)NC2CCCCCC2)C(C)=O)cc1. The van der Waals surface area contributed by atoms with Crippen molar-refractivity contribution < 1.29 is 14.4 Å². The van der Waals surface area contributed by atoms with E-state index >= 15 is 0 Å². The van der Waals surface area contributed by atoms with Gasteiger partial charge in [0.1, 0.15) is 0 Å². The van der Waals surface area contributed by atoms with Crippen LogP contribution < -0.4 is 10.2 Å². The van der Waals surface area contributed by atoms with Crippen LogP contribution in [-0.4, -0.2) is 30.2 Å². The highest BCUT2D eigenvalue weighted by Gasteiger charge is 2.17. The summed E-state index contributed by atoms with van der Waals surface area (Å²) < 4.78 is 0. The minimum absolute atomic E-state index is 0.00138. The molecule has 1 fully saturated rings. The van der Waals surface area contributed by atoms with Crippen molar-refractivity contribution in [1.82, 2.24) is 5.32 Å². The van der Waals surface area contributed by atoms with E-state index in [2.05, 4.69) is 5.32 Å². The van der Waals surface area contributed by atoms with Gasteiger partial charge in [-0.05, 0) is 44.0 Å². The number of carbonyl (C=O) groups is 3. The number of nitrogens with one attached hydrogen (secondary N) is 1. The van der Waals surface area contributed by atoms with Crippen LogP contribution in [0.25, 0.3) is 0 Å². The van der Waals surface area contributed by atoms with Crippen LogP contribution in [0.3, 0.4) is 0 Å². The predicted octanol–water partition coefficient (Wildman–Crippen LogP) is 3.47. The maximum atomic E-state index is 12.2. The smallest absolute Gasteiger partial charge is 0.223 e. The highest BCUT2D eigenvalue weighted by Crippen LogP contribution is 2.18. The molecule has 0 spiro atoms. The number of amides is 2. The summed E-state index contributed by atoms with van der Waals surface area (Å²) in [5, 5.41) is 3.11. The molecule has 136 valence electrons. The third kappa shape index (κ3) is 6.00. The fraction of sp³-hybridized carbons (Fsp3) is 0.550. The Bertz CT molecular complexity index is 602. The van der Waals surface area contributed by atoms with E-state index in [4.69, 9.17) is 0 Å². The van der Waals surface area contributed by atoms with E-state index in [1.54, 1.807) is 29.2 Å². The topological polar surface area (TPSA) is 66.5 Å². The van der Waals surface area contributed by atoms with Crippen LogP contribution in [0.2, 0.25) is 0 Å². The molecule has 1 aromatic rings. The van der Waals surface area contributed by atoms with Gasteiger partial charge in [0.15, 0.2) is 5.78 Å². The van der Waals surface area contributed by atoms with Gasteiger partial charge >= 0.3 is 0 Å². The van der Waals surface area contributed by atoms with Crippen molar-refractivity contribution in [2.45, 2.75) is 64.8 Å². The molecule has 2 rings (SSSR count). The monoisotopic (exact) mass is 344 g/mol. The van der Waals surface area contributed by atoms with Crippen LogP contribution in [0.1, 0.15) is 69.2 Å². The van der Waals surface area contributed by atoms with Crippen LogP contribution in [0.15, 0.2) is 24.3 Å². The maximum absolute atomic E-state index is 12.2. The average Bonchev–Trinajstić information content (AvgIpc) is 2.83. The lowest BCUT2D eigenvalue weighted by Gasteiger charge is -2.22. The summed E-state index contributed by atoms with van der Waals surface area (Å²) in [4.78, 5) is 37.1. The Morgan fingerprint density at radius 1 is 1.00 bits per heavy atom. The number of ketones is 1. The number of Topliss-reactive ketones (excluding diaryl/α,β-unsaturated/α-hetero) is 1. The largest absolute Gasteiger partial charge is 0.353 e. The third-order valence-corrected chi connectivity index (χ3v) is 4.75. The summed E-state index contributed by atoms with van der Waals surface area (Å²) in [6.45, 7) is 3.34. The van der Waals surface area contributed by atoms with E-state index in [0.717, 1.165) is 12.8 Å². The first-order valence-electron chi connectivity index (χ1n) is 9.16. The second kappa shape index (κ2) is 9.35. The molecule has 1 N–H and O–H groups in total. The van der Waals surface area contributed by atoms with Gasteiger partial charge in [0, 0.05) is 37.2 Å². The summed E-state index contributed by atoms with van der Waals surface area (Å²) in [5.74, 6) is -0.125. The number of anilines is 1. The second-order valence-corrected chi connectivity index (χ2v) is 6.78. The molecule has 0 aromatic heterocycles. The summed E-state index contributed by atoms with van der Waals surface area (Å²) in [7, 11) is 0. The molecule has 2 amide bonds. The first-order chi connectivity index (χ1) is 12.0. The molecule has 0 saturated heterocycles. The minimum atomic E-state index is -0.113. The first kappa shape index (κ1) is 19.2. The van der Waals surface area contributed by atoms with Crippen LogP contribution in [0.5, 0.6) is 0 Å². The molecule has 0 unspecified atom stereocenters. The van der Waals surface area contributed by atoms with Crippen LogP contribution >= 0.6 is 0 Å². The van der Waals surface area contributed by atoms with E-state index < -0.39 is 0 Å². The lowest BCUT2D eigenvalue weighted by molar-refractivity contribution is -0.121. The van der Waals surface area contributed by atoms with Gasteiger partial charge < -0.3 is 10.2 Å². The van der Waals surface area contributed by atoms with E-state index in [9.17, 15) is 14.4 Å². The lowest BCUT2D eigenvalue weighted by Crippen LogP contribution is -2.38. The molecule has 5 heteroatoms. The van der Waals surface area contributed by atoms with Crippen molar-refractivity contribution in [3.05, 3.63) is 29.8 Å². The summed E-state index contributed by atoms with van der Waals surface area (Å²) in [6.07, 6.45) is 7.23. The van der Waals surface area contributed by atoms with Gasteiger partial charge in [-0.3, -0.25) is 14.4 Å². The maximum Gasteiger partial charge on any atom is 0.223 e. The zero-order valence-corrected chi connectivity index (χ0v) is 15.2. The van der Waals surface area contributed by atoms with Crippen molar-refractivity contribution in [2.75, 3.05) is 11.4 Å². The molecule has 0 bridgehead atoms. The minimum Gasteiger partial charge on any atom is -0.353 e. The molecule has 1 saturated carbocycles. The van der Waals surface area contributed by atoms with E-state index in [-0.39, 0.29) is 30.1 Å². The fourth-order valence-electron chi connectivity index (χ4n) is 3.28. The normalized spacial score (nSPS) is 15.3. The average molecular weight is 344 g/mol. The highest BCUT2D eigenvalue weighted by atomic mass is 16.2. The Kier molecular flexibility index (Phi) is 7.16. The molecular weight excluding hydrogens is 316 g/mol. The molecule has 1 aliphatic rings. The van der Waals surface area contributed by atoms with Crippen molar-refractivity contribution in [1.29, 1.82) is 0 Å². The summed E-state index contributed by atoms with van der Waals surface area (Å²) >= 11 is 0. The van der Waals surface area contributed by atoms with Crippen molar-refractivity contribution in [3.63, 3.8) is 0 Å². The number of carbonyl (C=O) groups excluding carboxylic acids is 3. The van der Waals surface area contributed by atoms with Crippen LogP contribution in [0, 0.1) is 0 Å². The molecule has 1 aromatic carbocycles. The van der Waals surface area contributed by atoms with Crippen molar-refractivity contribution in [3.8, 4) is 0 Å². The van der Waals surface area contributed by atoms with Gasteiger partial charge in [-0.1, -0.05) is 25.7 Å². The van der Waals surface area contributed by atoms with E-state index in [0.29, 0.717) is 17.8 Å². The third-order valence-electron chi connectivity index (χ3n) is 4.75. The number of benzene rings is 1. The Hall–Kier alpha value is -2.17. The summed E-state index contributed by atoms with van der Waals surface area (Å²) in [6, 6.07) is 7.19. The molecule has 0 radical (unpaired) electrons. The van der Waals surface area contributed by atoms with Gasteiger partial charge in [0.25, 0.3) is 0 Å². The van der Waals surface area contributed by atoms with Gasteiger partial charge in [0.2, 0.25) is 11.8 Å². The van der Waals surface area contributed by atoms with E-state index in [1.807, 2.05) is 0 Å². The highest BCUT2D eigenvalue weighted by molar-refractivity contribution is 5.96. The lowest BCUT2D eigenvalue weighted by atomic mass is 10.1. The number of nitrogens with zero attached hydrogens (tertiary/aromatic N) is 1. The van der Waals surface area contributed by atoms with E-state index in [1.165, 1.54) is 39.5 Å². The standard InChI is InChI=1S/C20H28N2O3/c1-15(23)17-9-11-19(12-10-17)22(16(2)24)14-13-20(25)21-18-7-5-3-4-6-8-18/h9-12,18H,3-8,13-14H2,1-2H3,(H,21,25). The molecule has 0 heterocycles.